The van der Waals surface area contributed by atoms with Crippen molar-refractivity contribution in [2.45, 2.75) is 29.9 Å². The summed E-state index contributed by atoms with van der Waals surface area (Å²) < 4.78 is 4.72. The molecule has 2 fully saturated rings. The molecule has 2 saturated heterocycles. The lowest BCUT2D eigenvalue weighted by molar-refractivity contribution is -0.296. The summed E-state index contributed by atoms with van der Waals surface area (Å²) in [5.74, 6) is -2.18. The van der Waals surface area contributed by atoms with E-state index >= 15 is 0 Å². The van der Waals surface area contributed by atoms with Gasteiger partial charge in [0.15, 0.2) is 11.8 Å². The quantitative estimate of drug-likeness (QED) is 0.251. The third-order valence-electron chi connectivity index (χ3n) is 2.51. The van der Waals surface area contributed by atoms with Crippen molar-refractivity contribution < 1.29 is 30.3 Å². The topological polar surface area (TPSA) is 122 Å². The lowest BCUT2D eigenvalue weighted by Crippen LogP contribution is -2.59. The van der Waals surface area contributed by atoms with Gasteiger partial charge in [-0.15, -0.1) is 0 Å². The van der Waals surface area contributed by atoms with Crippen molar-refractivity contribution in [2.24, 2.45) is 0 Å². The highest BCUT2D eigenvalue weighted by Gasteiger charge is 2.70. The van der Waals surface area contributed by atoms with Crippen LogP contribution < -0.4 is 5.32 Å². The Labute approximate surface area is 73.2 Å². The van der Waals surface area contributed by atoms with Gasteiger partial charge < -0.3 is 30.3 Å². The van der Waals surface area contributed by atoms with Crippen molar-refractivity contribution in [2.75, 3.05) is 6.61 Å². The minimum Gasteiger partial charge on any atom is -0.393 e. The Hall–Kier alpha value is -0.280. The molecule has 2 rings (SSSR count). The van der Waals surface area contributed by atoms with Crippen LogP contribution in [0.15, 0.2) is 0 Å². The average Bonchev–Trinajstić information content (AvgIpc) is 2.44. The van der Waals surface area contributed by atoms with Gasteiger partial charge in [0.1, 0.15) is 12.2 Å². The predicted molar refractivity (Wildman–Crippen MR) is 37.0 cm³/mol. The maximum absolute atomic E-state index is 9.64. The molecule has 0 spiro atoms. The number of rotatable bonds is 1. The van der Waals surface area contributed by atoms with Crippen LogP contribution in [0.25, 0.3) is 0 Å². The molecule has 0 radical (unpaired) electrons. The van der Waals surface area contributed by atoms with E-state index in [4.69, 9.17) is 9.84 Å². The zero-order chi connectivity index (χ0) is 9.85. The number of ether oxygens (including phenoxy) is 1. The predicted octanol–water partition coefficient (Wildman–Crippen LogP) is -3.96. The van der Waals surface area contributed by atoms with Gasteiger partial charge in [0.05, 0.1) is 6.61 Å². The fourth-order valence-corrected chi connectivity index (χ4v) is 1.74. The Morgan fingerprint density at radius 2 is 1.85 bits per heavy atom. The molecule has 0 aliphatic carbocycles. The van der Waals surface area contributed by atoms with Crippen molar-refractivity contribution in [1.29, 1.82) is 0 Å². The number of aliphatic hydroxyl groups is 5. The molecule has 76 valence electrons. The van der Waals surface area contributed by atoms with Gasteiger partial charge in [-0.3, -0.25) is 0 Å². The van der Waals surface area contributed by atoms with Gasteiger partial charge in [-0.05, 0) is 0 Å². The van der Waals surface area contributed by atoms with Crippen LogP contribution >= 0.6 is 0 Å². The van der Waals surface area contributed by atoms with E-state index in [1.165, 1.54) is 0 Å². The molecular weight excluding hydrogens is 182 g/mol. The van der Waals surface area contributed by atoms with E-state index in [2.05, 4.69) is 5.32 Å². The van der Waals surface area contributed by atoms with Crippen LogP contribution in [0.3, 0.4) is 0 Å². The van der Waals surface area contributed by atoms with Gasteiger partial charge in [-0.1, -0.05) is 0 Å². The molecular formula is C6H11NO6. The van der Waals surface area contributed by atoms with Crippen LogP contribution in [-0.4, -0.2) is 62.1 Å². The van der Waals surface area contributed by atoms with Crippen molar-refractivity contribution in [1.82, 2.24) is 5.32 Å². The summed E-state index contributed by atoms with van der Waals surface area (Å²) >= 11 is 0. The first-order valence-electron chi connectivity index (χ1n) is 3.83. The number of fused-ring (bicyclic) bond motifs is 2. The first kappa shape index (κ1) is 9.28. The Balaban J connectivity index is 2.33. The van der Waals surface area contributed by atoms with Crippen LogP contribution in [0.1, 0.15) is 0 Å². The summed E-state index contributed by atoms with van der Waals surface area (Å²) in [5, 5.41) is 48.4. The summed E-state index contributed by atoms with van der Waals surface area (Å²) in [6.07, 6.45) is -4.39. The van der Waals surface area contributed by atoms with Crippen LogP contribution in [0.4, 0.5) is 0 Å². The van der Waals surface area contributed by atoms with E-state index in [1.807, 2.05) is 0 Å². The first-order valence-corrected chi connectivity index (χ1v) is 3.83. The van der Waals surface area contributed by atoms with Gasteiger partial charge in [0.25, 0.3) is 5.91 Å². The number of hydrogen-bond acceptors (Lipinski definition) is 7. The van der Waals surface area contributed by atoms with E-state index in [9.17, 15) is 20.4 Å². The van der Waals surface area contributed by atoms with Gasteiger partial charge in [0, 0.05) is 0 Å². The van der Waals surface area contributed by atoms with Gasteiger partial charge in [-0.2, -0.15) is 0 Å². The van der Waals surface area contributed by atoms with E-state index in [0.717, 1.165) is 0 Å². The van der Waals surface area contributed by atoms with Gasteiger partial charge in [-0.25, -0.2) is 5.32 Å². The molecule has 13 heavy (non-hydrogen) atoms. The minimum atomic E-state index is -2.18. The number of aliphatic hydroxyl groups excluding tert-OH is 3. The first-order chi connectivity index (χ1) is 5.94. The molecule has 5 atom stereocenters. The maximum atomic E-state index is 9.64. The van der Waals surface area contributed by atoms with Crippen LogP contribution in [0.5, 0.6) is 0 Å². The zero-order valence-corrected chi connectivity index (χ0v) is 6.58. The molecule has 2 aliphatic heterocycles. The molecule has 2 aliphatic rings. The molecule has 5 unspecified atom stereocenters. The SMILES string of the molecule is OCC1OC2(O)NC1(O)C(O)C2O. The summed E-state index contributed by atoms with van der Waals surface area (Å²) in [5.41, 5.74) is -2.00. The Kier molecular flexibility index (Phi) is 1.71. The Morgan fingerprint density at radius 3 is 2.23 bits per heavy atom. The molecule has 2 heterocycles. The summed E-state index contributed by atoms with van der Waals surface area (Å²) in [7, 11) is 0. The molecule has 0 aromatic carbocycles. The zero-order valence-electron chi connectivity index (χ0n) is 6.58. The molecule has 2 bridgehead atoms. The Bertz CT molecular complexity index is 233. The fraction of sp³-hybridized carbons (Fsp3) is 1.00. The van der Waals surface area contributed by atoms with E-state index in [-0.39, 0.29) is 0 Å². The minimum absolute atomic E-state index is 0.574. The number of nitrogens with one attached hydrogen (secondary N) is 1. The Morgan fingerprint density at radius 1 is 1.23 bits per heavy atom. The fourth-order valence-electron chi connectivity index (χ4n) is 1.74. The normalized spacial score (nSPS) is 60.2. The smallest absolute Gasteiger partial charge is 0.258 e. The highest BCUT2D eigenvalue weighted by atomic mass is 16.7. The second kappa shape index (κ2) is 2.39. The van der Waals surface area contributed by atoms with Gasteiger partial charge in [0.2, 0.25) is 0 Å². The third kappa shape index (κ3) is 0.919. The lowest BCUT2D eigenvalue weighted by atomic mass is 9.98. The second-order valence-corrected chi connectivity index (χ2v) is 3.33. The van der Waals surface area contributed by atoms with E-state index in [0.29, 0.717) is 0 Å². The van der Waals surface area contributed by atoms with E-state index in [1.54, 1.807) is 0 Å². The van der Waals surface area contributed by atoms with Crippen LogP contribution in [0.2, 0.25) is 0 Å². The lowest BCUT2D eigenvalue weighted by Gasteiger charge is -2.34. The second-order valence-electron chi connectivity index (χ2n) is 3.33. The van der Waals surface area contributed by atoms with Crippen molar-refractivity contribution in [3.05, 3.63) is 0 Å². The maximum Gasteiger partial charge on any atom is 0.258 e. The standard InChI is InChI=1S/C6H11NO6/c8-1-2-5(11)3(9)4(10)6(12,7-5)13-2/h2-4,7-12H,1H2. The molecule has 0 amide bonds. The molecule has 0 aromatic heterocycles. The van der Waals surface area contributed by atoms with Crippen molar-refractivity contribution >= 4 is 0 Å². The average molecular weight is 193 g/mol. The third-order valence-corrected chi connectivity index (χ3v) is 2.51. The van der Waals surface area contributed by atoms with Crippen LogP contribution in [0, 0.1) is 0 Å². The summed E-state index contributed by atoms with van der Waals surface area (Å²) in [6.45, 7) is -0.574. The van der Waals surface area contributed by atoms with E-state index < -0.39 is 36.6 Å². The summed E-state index contributed by atoms with van der Waals surface area (Å²) in [4.78, 5) is 0. The molecule has 7 nitrogen and oxygen atoms in total. The molecule has 0 aromatic rings. The summed E-state index contributed by atoms with van der Waals surface area (Å²) in [6, 6.07) is 0. The van der Waals surface area contributed by atoms with Crippen molar-refractivity contribution in [3.8, 4) is 0 Å². The monoisotopic (exact) mass is 193 g/mol. The largest absolute Gasteiger partial charge is 0.393 e. The van der Waals surface area contributed by atoms with Crippen molar-refractivity contribution in [3.63, 3.8) is 0 Å². The van der Waals surface area contributed by atoms with Crippen LogP contribution in [-0.2, 0) is 4.74 Å². The highest BCUT2D eigenvalue weighted by Crippen LogP contribution is 2.40. The molecule has 7 heteroatoms. The number of hydrogen-bond donors (Lipinski definition) is 6. The molecule has 0 saturated carbocycles. The van der Waals surface area contributed by atoms with Gasteiger partial charge >= 0.3 is 0 Å². The molecule has 6 N–H and O–H groups in total. The highest BCUT2D eigenvalue weighted by molar-refractivity contribution is 5.12.